The number of benzene rings is 1. The van der Waals surface area contributed by atoms with Gasteiger partial charge in [-0.2, -0.15) is 5.10 Å². The Morgan fingerprint density at radius 2 is 2.08 bits per heavy atom. The van der Waals surface area contributed by atoms with Crippen LogP contribution in [0.25, 0.3) is 11.1 Å². The van der Waals surface area contributed by atoms with Crippen molar-refractivity contribution in [3.8, 4) is 16.9 Å². The van der Waals surface area contributed by atoms with Crippen molar-refractivity contribution in [1.29, 1.82) is 0 Å². The van der Waals surface area contributed by atoms with Crippen molar-refractivity contribution >= 4 is 0 Å². The van der Waals surface area contributed by atoms with E-state index in [4.69, 9.17) is 4.74 Å². The Labute approximate surface area is 149 Å². The van der Waals surface area contributed by atoms with Gasteiger partial charge in [0.1, 0.15) is 5.75 Å². The van der Waals surface area contributed by atoms with Crippen LogP contribution < -0.4 is 15.6 Å². The number of nitrogens with zero attached hydrogens (tertiary/aromatic N) is 2. The van der Waals surface area contributed by atoms with Gasteiger partial charge in [-0.25, -0.2) is 4.68 Å². The van der Waals surface area contributed by atoms with Crippen LogP contribution in [-0.2, 0) is 7.05 Å². The second kappa shape index (κ2) is 8.81. The average Bonchev–Trinajstić information content (AvgIpc) is 2.90. The maximum absolute atomic E-state index is 11.7. The molecule has 1 aliphatic heterocycles. The minimum atomic E-state index is -0.106. The molecule has 5 nitrogen and oxygen atoms in total. The lowest BCUT2D eigenvalue weighted by Gasteiger charge is -2.14. The molecule has 1 aromatic heterocycles. The normalized spacial score (nSPS) is 17.9. The summed E-state index contributed by atoms with van der Waals surface area (Å²) in [6.07, 6.45) is 8.01. The van der Waals surface area contributed by atoms with Crippen LogP contribution in [0.4, 0.5) is 0 Å². The highest BCUT2D eigenvalue weighted by Crippen LogP contribution is 2.21. The molecule has 1 saturated heterocycles. The van der Waals surface area contributed by atoms with Gasteiger partial charge in [0.05, 0.1) is 12.8 Å². The summed E-state index contributed by atoms with van der Waals surface area (Å²) in [6, 6.07) is 9.46. The van der Waals surface area contributed by atoms with E-state index in [0.29, 0.717) is 0 Å². The van der Waals surface area contributed by atoms with Crippen LogP contribution in [-0.4, -0.2) is 29.5 Å². The molecule has 5 heteroatoms. The lowest BCUT2D eigenvalue weighted by molar-refractivity contribution is 0.288. The molecule has 134 valence electrons. The van der Waals surface area contributed by atoms with E-state index in [1.807, 2.05) is 24.3 Å². The molecule has 1 fully saturated rings. The SMILES string of the molecule is Cn1ncc(-c2ccc(OCCCC3CCCCNC3)cc2)cc1=O. The zero-order valence-corrected chi connectivity index (χ0v) is 14.9. The maximum atomic E-state index is 11.7. The van der Waals surface area contributed by atoms with E-state index in [2.05, 4.69) is 10.4 Å². The Kier molecular flexibility index (Phi) is 6.23. The Balaban J connectivity index is 1.47. The molecule has 2 aromatic rings. The van der Waals surface area contributed by atoms with E-state index in [0.717, 1.165) is 42.4 Å². The predicted octanol–water partition coefficient (Wildman–Crippen LogP) is 3.00. The summed E-state index contributed by atoms with van der Waals surface area (Å²) >= 11 is 0. The lowest BCUT2D eigenvalue weighted by atomic mass is 9.98. The molecule has 0 spiro atoms. The average molecular weight is 341 g/mol. The number of nitrogens with one attached hydrogen (secondary N) is 1. The van der Waals surface area contributed by atoms with Crippen LogP contribution in [0, 0.1) is 5.92 Å². The molecule has 0 aliphatic carbocycles. The van der Waals surface area contributed by atoms with Gasteiger partial charge in [0.25, 0.3) is 5.56 Å². The van der Waals surface area contributed by atoms with E-state index < -0.39 is 0 Å². The first kappa shape index (κ1) is 17.7. The monoisotopic (exact) mass is 341 g/mol. The van der Waals surface area contributed by atoms with Crippen molar-refractivity contribution in [2.45, 2.75) is 32.1 Å². The van der Waals surface area contributed by atoms with Gasteiger partial charge in [-0.15, -0.1) is 0 Å². The quantitative estimate of drug-likeness (QED) is 0.821. The summed E-state index contributed by atoms with van der Waals surface area (Å²) < 4.78 is 7.18. The number of hydrogen-bond donors (Lipinski definition) is 1. The number of ether oxygens (including phenoxy) is 1. The molecule has 1 unspecified atom stereocenters. The van der Waals surface area contributed by atoms with Gasteiger partial charge in [0, 0.05) is 18.7 Å². The Morgan fingerprint density at radius 1 is 1.24 bits per heavy atom. The van der Waals surface area contributed by atoms with Gasteiger partial charge >= 0.3 is 0 Å². The van der Waals surface area contributed by atoms with Gasteiger partial charge in [0.2, 0.25) is 0 Å². The third-order valence-electron chi connectivity index (χ3n) is 4.83. The molecular formula is C20H27N3O2. The highest BCUT2D eigenvalue weighted by atomic mass is 16.5. The largest absolute Gasteiger partial charge is 0.494 e. The van der Waals surface area contributed by atoms with Gasteiger partial charge in [-0.1, -0.05) is 18.6 Å². The fourth-order valence-corrected chi connectivity index (χ4v) is 3.27. The molecule has 1 aromatic carbocycles. The zero-order chi connectivity index (χ0) is 17.5. The molecule has 3 rings (SSSR count). The minimum absolute atomic E-state index is 0.106. The first-order chi connectivity index (χ1) is 12.2. The fourth-order valence-electron chi connectivity index (χ4n) is 3.27. The number of rotatable bonds is 6. The summed E-state index contributed by atoms with van der Waals surface area (Å²) in [5.74, 6) is 1.67. The van der Waals surface area contributed by atoms with Crippen molar-refractivity contribution in [3.63, 3.8) is 0 Å². The van der Waals surface area contributed by atoms with Crippen LogP contribution in [0.15, 0.2) is 41.3 Å². The summed E-state index contributed by atoms with van der Waals surface area (Å²) in [5, 5.41) is 7.57. The second-order valence-corrected chi connectivity index (χ2v) is 6.79. The third kappa shape index (κ3) is 5.16. The topological polar surface area (TPSA) is 56.1 Å². The van der Waals surface area contributed by atoms with Crippen molar-refractivity contribution in [2.75, 3.05) is 19.7 Å². The van der Waals surface area contributed by atoms with Gasteiger partial charge in [-0.05, 0) is 62.4 Å². The summed E-state index contributed by atoms with van der Waals surface area (Å²) in [6.45, 7) is 3.07. The van der Waals surface area contributed by atoms with Gasteiger partial charge < -0.3 is 10.1 Å². The van der Waals surface area contributed by atoms with Gasteiger partial charge in [-0.3, -0.25) is 4.79 Å². The Hall–Kier alpha value is -2.14. The molecule has 2 heterocycles. The van der Waals surface area contributed by atoms with E-state index in [1.165, 1.54) is 36.9 Å². The lowest BCUT2D eigenvalue weighted by Crippen LogP contribution is -2.20. The Morgan fingerprint density at radius 3 is 2.88 bits per heavy atom. The smallest absolute Gasteiger partial charge is 0.267 e. The molecule has 0 saturated carbocycles. The van der Waals surface area contributed by atoms with E-state index in [-0.39, 0.29) is 5.56 Å². The van der Waals surface area contributed by atoms with E-state index >= 15 is 0 Å². The maximum Gasteiger partial charge on any atom is 0.267 e. The first-order valence-corrected chi connectivity index (χ1v) is 9.20. The molecule has 1 atom stereocenters. The van der Waals surface area contributed by atoms with Crippen molar-refractivity contribution in [3.05, 3.63) is 46.9 Å². The highest BCUT2D eigenvalue weighted by molar-refractivity contribution is 5.62. The number of aromatic nitrogens is 2. The molecule has 25 heavy (non-hydrogen) atoms. The minimum Gasteiger partial charge on any atom is -0.494 e. The summed E-state index contributed by atoms with van der Waals surface area (Å²) in [7, 11) is 1.65. The number of aryl methyl sites for hydroxylation is 1. The number of hydrogen-bond acceptors (Lipinski definition) is 4. The Bertz CT molecular complexity index is 716. The molecule has 0 amide bonds. The standard InChI is InChI=1S/C20H27N3O2/c1-23-20(24)13-18(15-22-23)17-7-9-19(10-8-17)25-12-4-6-16-5-2-3-11-21-14-16/h7-10,13,15-16,21H,2-6,11-12,14H2,1H3. The van der Waals surface area contributed by atoms with Crippen LogP contribution in [0.1, 0.15) is 32.1 Å². The van der Waals surface area contributed by atoms with Gasteiger partial charge in [0.15, 0.2) is 0 Å². The molecule has 1 N–H and O–H groups in total. The molecule has 0 radical (unpaired) electrons. The predicted molar refractivity (Wildman–Crippen MR) is 99.9 cm³/mol. The van der Waals surface area contributed by atoms with Crippen LogP contribution in [0.5, 0.6) is 5.75 Å². The van der Waals surface area contributed by atoms with Crippen LogP contribution >= 0.6 is 0 Å². The van der Waals surface area contributed by atoms with Crippen molar-refractivity contribution < 1.29 is 4.74 Å². The summed E-state index contributed by atoms with van der Waals surface area (Å²) in [5.41, 5.74) is 1.70. The fraction of sp³-hybridized carbons (Fsp3) is 0.500. The zero-order valence-electron chi connectivity index (χ0n) is 14.9. The third-order valence-corrected chi connectivity index (χ3v) is 4.83. The first-order valence-electron chi connectivity index (χ1n) is 9.20. The van der Waals surface area contributed by atoms with Crippen molar-refractivity contribution in [2.24, 2.45) is 13.0 Å². The van der Waals surface area contributed by atoms with Crippen LogP contribution in [0.3, 0.4) is 0 Å². The molecule has 1 aliphatic rings. The van der Waals surface area contributed by atoms with Crippen molar-refractivity contribution in [1.82, 2.24) is 15.1 Å². The van der Waals surface area contributed by atoms with E-state index in [9.17, 15) is 4.79 Å². The molecular weight excluding hydrogens is 314 g/mol. The second-order valence-electron chi connectivity index (χ2n) is 6.79. The molecule has 0 bridgehead atoms. The summed E-state index contributed by atoms with van der Waals surface area (Å²) in [4.78, 5) is 11.7. The highest BCUT2D eigenvalue weighted by Gasteiger charge is 2.11. The van der Waals surface area contributed by atoms with E-state index in [1.54, 1.807) is 19.3 Å². The van der Waals surface area contributed by atoms with Crippen LogP contribution in [0.2, 0.25) is 0 Å².